The number of carbonyl (C=O) groups excluding carboxylic acids is 2. The molecular formula is C32H32ClN9O3. The first-order valence-electron chi connectivity index (χ1n) is 14.5. The van der Waals surface area contributed by atoms with Gasteiger partial charge in [-0.05, 0) is 34.5 Å². The number of ether oxygens (including phenoxy) is 1. The average molecular weight is 626 g/mol. The molecule has 0 spiro atoms. The number of imidazole rings is 1. The Bertz CT molecular complexity index is 1800. The van der Waals surface area contributed by atoms with Crippen LogP contribution in [0.3, 0.4) is 0 Å². The van der Waals surface area contributed by atoms with Gasteiger partial charge < -0.3 is 25.7 Å². The molecule has 6 rings (SSSR count). The molecule has 0 radical (unpaired) electrons. The van der Waals surface area contributed by atoms with Gasteiger partial charge in [-0.15, -0.1) is 10.2 Å². The van der Waals surface area contributed by atoms with Gasteiger partial charge in [0.15, 0.2) is 0 Å². The van der Waals surface area contributed by atoms with E-state index in [0.29, 0.717) is 41.9 Å². The van der Waals surface area contributed by atoms with Crippen LogP contribution in [0.2, 0.25) is 5.02 Å². The molecule has 4 N–H and O–H groups in total. The Balaban J connectivity index is 1.11. The van der Waals surface area contributed by atoms with Gasteiger partial charge in [-0.1, -0.05) is 60.1 Å². The molecule has 1 unspecified atom stereocenters. The van der Waals surface area contributed by atoms with E-state index in [9.17, 15) is 9.59 Å². The SMILES string of the molecule is Cn1nnc(-c2ccc(Cn3cncc3CNC3CCOc4c(C(=O)N[C@@H](Cc5ccc(Cl)cc5)C(N)=O)cccc43)cc2)n1. The monoisotopic (exact) mass is 625 g/mol. The summed E-state index contributed by atoms with van der Waals surface area (Å²) in [6.45, 7) is 1.65. The van der Waals surface area contributed by atoms with E-state index in [1.165, 1.54) is 4.80 Å². The Kier molecular flexibility index (Phi) is 8.85. The summed E-state index contributed by atoms with van der Waals surface area (Å²) in [5, 5.41) is 19.2. The molecule has 230 valence electrons. The summed E-state index contributed by atoms with van der Waals surface area (Å²) in [4.78, 5) is 31.4. The molecule has 13 heteroatoms. The summed E-state index contributed by atoms with van der Waals surface area (Å²) in [5.74, 6) is 0.0299. The van der Waals surface area contributed by atoms with E-state index in [-0.39, 0.29) is 12.5 Å². The van der Waals surface area contributed by atoms with Crippen LogP contribution in [-0.2, 0) is 31.4 Å². The van der Waals surface area contributed by atoms with E-state index in [1.807, 2.05) is 48.9 Å². The zero-order valence-corrected chi connectivity index (χ0v) is 25.3. The lowest BCUT2D eigenvalue weighted by Gasteiger charge is -2.28. The minimum atomic E-state index is -0.896. The average Bonchev–Trinajstić information content (AvgIpc) is 3.69. The van der Waals surface area contributed by atoms with Gasteiger partial charge in [0.2, 0.25) is 11.7 Å². The first-order chi connectivity index (χ1) is 21.8. The number of primary amides is 1. The van der Waals surface area contributed by atoms with Gasteiger partial charge in [-0.3, -0.25) is 9.59 Å². The second kappa shape index (κ2) is 13.3. The third kappa shape index (κ3) is 7.03. The van der Waals surface area contributed by atoms with Crippen molar-refractivity contribution in [3.63, 3.8) is 0 Å². The third-order valence-corrected chi connectivity index (χ3v) is 7.97. The number of nitrogens with two attached hydrogens (primary N) is 1. The van der Waals surface area contributed by atoms with Gasteiger partial charge in [0, 0.05) is 54.3 Å². The lowest BCUT2D eigenvalue weighted by molar-refractivity contribution is -0.119. The number of fused-ring (bicyclic) bond motifs is 1. The number of aromatic nitrogens is 6. The Labute approximate surface area is 264 Å². The van der Waals surface area contributed by atoms with Gasteiger partial charge in [-0.2, -0.15) is 4.80 Å². The van der Waals surface area contributed by atoms with Crippen molar-refractivity contribution in [2.24, 2.45) is 12.8 Å². The summed E-state index contributed by atoms with van der Waals surface area (Å²) in [6, 6.07) is 19.6. The summed E-state index contributed by atoms with van der Waals surface area (Å²) in [5.41, 5.74) is 10.7. The van der Waals surface area contributed by atoms with E-state index in [0.717, 1.165) is 34.4 Å². The molecule has 3 aromatic carbocycles. The predicted molar refractivity (Wildman–Crippen MR) is 167 cm³/mol. The highest BCUT2D eigenvalue weighted by Gasteiger charge is 2.28. The van der Waals surface area contributed by atoms with Crippen LogP contribution in [0.25, 0.3) is 11.4 Å². The molecular weight excluding hydrogens is 594 g/mol. The van der Waals surface area contributed by atoms with Crippen molar-refractivity contribution in [3.05, 3.63) is 112 Å². The number of nitrogens with zero attached hydrogens (tertiary/aromatic N) is 6. The minimum absolute atomic E-state index is 0.0513. The van der Waals surface area contributed by atoms with Gasteiger partial charge in [0.1, 0.15) is 11.8 Å². The predicted octanol–water partition coefficient (Wildman–Crippen LogP) is 3.22. The molecule has 0 saturated heterocycles. The van der Waals surface area contributed by atoms with Crippen molar-refractivity contribution in [2.75, 3.05) is 6.61 Å². The lowest BCUT2D eigenvalue weighted by Crippen LogP contribution is -2.46. The van der Waals surface area contributed by atoms with Gasteiger partial charge >= 0.3 is 0 Å². The molecule has 12 nitrogen and oxygen atoms in total. The zero-order valence-electron chi connectivity index (χ0n) is 24.6. The number of rotatable bonds is 11. The Hall–Kier alpha value is -5.07. The molecule has 1 aliphatic heterocycles. The third-order valence-electron chi connectivity index (χ3n) is 7.72. The maximum absolute atomic E-state index is 13.4. The van der Waals surface area contributed by atoms with Crippen LogP contribution in [-0.4, -0.2) is 54.2 Å². The van der Waals surface area contributed by atoms with Crippen LogP contribution in [0.1, 0.15) is 45.2 Å². The van der Waals surface area contributed by atoms with Crippen molar-refractivity contribution < 1.29 is 14.3 Å². The number of benzene rings is 3. The van der Waals surface area contributed by atoms with E-state index in [2.05, 4.69) is 35.6 Å². The fraction of sp³-hybridized carbons (Fsp3) is 0.250. The number of para-hydroxylation sites is 1. The van der Waals surface area contributed by atoms with Crippen molar-refractivity contribution >= 4 is 23.4 Å². The van der Waals surface area contributed by atoms with Gasteiger partial charge in [0.25, 0.3) is 5.91 Å². The molecule has 0 fully saturated rings. The highest BCUT2D eigenvalue weighted by Crippen LogP contribution is 2.35. The molecule has 45 heavy (non-hydrogen) atoms. The Morgan fingerprint density at radius 3 is 2.60 bits per heavy atom. The number of hydrogen-bond acceptors (Lipinski definition) is 8. The van der Waals surface area contributed by atoms with E-state index >= 15 is 0 Å². The highest BCUT2D eigenvalue weighted by atomic mass is 35.5. The number of nitrogens with one attached hydrogen (secondary N) is 2. The molecule has 3 heterocycles. The fourth-order valence-electron chi connectivity index (χ4n) is 5.35. The summed E-state index contributed by atoms with van der Waals surface area (Å²) in [7, 11) is 1.74. The van der Waals surface area contributed by atoms with Gasteiger partial charge in [-0.25, -0.2) is 4.98 Å². The van der Waals surface area contributed by atoms with Crippen LogP contribution in [0, 0.1) is 0 Å². The standard InChI is InChI=1S/C32H32ClN9O3/c1-41-39-31(38-40-41)22-9-5-21(6-10-22)18-42-19-35-16-24(42)17-36-27-13-14-45-29-25(27)3-2-4-26(29)32(44)37-28(30(34)43)15-20-7-11-23(33)12-8-20/h2-12,16,19,27-28,36H,13-15,17-18H2,1H3,(H2,34,43)(H,37,44)/t27?,28-/m0/s1. The fourth-order valence-corrected chi connectivity index (χ4v) is 5.48. The minimum Gasteiger partial charge on any atom is -0.492 e. The highest BCUT2D eigenvalue weighted by molar-refractivity contribution is 6.30. The number of tetrazole rings is 1. The Morgan fingerprint density at radius 2 is 1.87 bits per heavy atom. The van der Waals surface area contributed by atoms with Crippen LogP contribution in [0.4, 0.5) is 0 Å². The van der Waals surface area contributed by atoms with Crippen LogP contribution >= 0.6 is 11.6 Å². The largest absolute Gasteiger partial charge is 0.492 e. The summed E-state index contributed by atoms with van der Waals surface area (Å²) >= 11 is 5.98. The molecule has 2 aromatic heterocycles. The molecule has 0 bridgehead atoms. The Morgan fingerprint density at radius 1 is 1.09 bits per heavy atom. The number of hydrogen-bond donors (Lipinski definition) is 3. The molecule has 1 aliphatic rings. The number of carbonyl (C=O) groups is 2. The maximum atomic E-state index is 13.4. The van der Waals surface area contributed by atoms with Crippen molar-refractivity contribution in [1.29, 1.82) is 0 Å². The number of aryl methyl sites for hydroxylation is 1. The second-order valence-corrected chi connectivity index (χ2v) is 11.3. The van der Waals surface area contributed by atoms with Crippen molar-refractivity contribution in [2.45, 2.75) is 38.0 Å². The van der Waals surface area contributed by atoms with E-state index in [4.69, 9.17) is 22.1 Å². The summed E-state index contributed by atoms with van der Waals surface area (Å²) < 4.78 is 8.09. The quantitative estimate of drug-likeness (QED) is 0.202. The molecule has 5 aromatic rings. The molecule has 0 saturated carbocycles. The first kappa shape index (κ1) is 30.0. The second-order valence-electron chi connectivity index (χ2n) is 10.9. The van der Waals surface area contributed by atoms with E-state index < -0.39 is 17.9 Å². The van der Waals surface area contributed by atoms with Crippen molar-refractivity contribution in [3.8, 4) is 17.1 Å². The number of halogens is 1. The smallest absolute Gasteiger partial charge is 0.255 e. The molecule has 2 atom stereocenters. The van der Waals surface area contributed by atoms with Gasteiger partial charge in [0.05, 0.1) is 31.2 Å². The maximum Gasteiger partial charge on any atom is 0.255 e. The molecule has 2 amide bonds. The zero-order chi connectivity index (χ0) is 31.3. The van der Waals surface area contributed by atoms with E-state index in [1.54, 1.807) is 37.4 Å². The number of amides is 2. The van der Waals surface area contributed by atoms with Crippen LogP contribution in [0.5, 0.6) is 5.75 Å². The summed E-state index contributed by atoms with van der Waals surface area (Å²) in [6.07, 6.45) is 4.63. The normalized spacial score (nSPS) is 14.8. The van der Waals surface area contributed by atoms with Crippen LogP contribution < -0.4 is 21.1 Å². The van der Waals surface area contributed by atoms with Crippen LogP contribution in [0.15, 0.2) is 79.3 Å². The topological polar surface area (TPSA) is 155 Å². The van der Waals surface area contributed by atoms with Crippen molar-refractivity contribution in [1.82, 2.24) is 40.4 Å². The molecule has 0 aliphatic carbocycles. The first-order valence-corrected chi connectivity index (χ1v) is 14.9. The lowest BCUT2D eigenvalue weighted by atomic mass is 9.96.